The fraction of sp³-hybridized carbons (Fsp3) is 0.538. The minimum atomic E-state index is -3.45. The molecule has 18 heavy (non-hydrogen) atoms. The van der Waals surface area contributed by atoms with Crippen LogP contribution in [0.25, 0.3) is 0 Å². The second-order valence-corrected chi connectivity index (χ2v) is 5.96. The van der Waals surface area contributed by atoms with Gasteiger partial charge in [-0.05, 0) is 36.1 Å². The number of unbranched alkanes of at least 4 members (excludes halogenated alkanes) is 1. The summed E-state index contributed by atoms with van der Waals surface area (Å²) >= 11 is 0. The van der Waals surface area contributed by atoms with Crippen LogP contribution in [0.3, 0.4) is 0 Å². The van der Waals surface area contributed by atoms with Gasteiger partial charge in [0.1, 0.15) is 0 Å². The van der Waals surface area contributed by atoms with Crippen LogP contribution in [0, 0.1) is 0 Å². The second-order valence-electron chi connectivity index (χ2n) is 4.19. The molecule has 0 bridgehead atoms. The SMILES string of the molecule is CCCCNS(=O)(=O)c1ccc(CC)c(CO)c1. The summed E-state index contributed by atoms with van der Waals surface area (Å²) in [6.07, 6.45) is 2.54. The molecule has 102 valence electrons. The summed E-state index contributed by atoms with van der Waals surface area (Å²) in [5, 5.41) is 9.24. The molecule has 0 amide bonds. The van der Waals surface area contributed by atoms with Crippen LogP contribution in [0.15, 0.2) is 23.1 Å². The van der Waals surface area contributed by atoms with Crippen LogP contribution in [0.2, 0.25) is 0 Å². The van der Waals surface area contributed by atoms with Gasteiger partial charge in [0.05, 0.1) is 11.5 Å². The average molecular weight is 271 g/mol. The molecule has 1 aromatic rings. The quantitative estimate of drug-likeness (QED) is 0.743. The molecule has 1 aromatic carbocycles. The van der Waals surface area contributed by atoms with Gasteiger partial charge in [0.25, 0.3) is 0 Å². The highest BCUT2D eigenvalue weighted by Gasteiger charge is 2.14. The lowest BCUT2D eigenvalue weighted by molar-refractivity contribution is 0.280. The van der Waals surface area contributed by atoms with Crippen molar-refractivity contribution in [1.29, 1.82) is 0 Å². The zero-order valence-corrected chi connectivity index (χ0v) is 11.8. The Hall–Kier alpha value is -0.910. The first-order chi connectivity index (χ1) is 8.55. The monoisotopic (exact) mass is 271 g/mol. The van der Waals surface area contributed by atoms with Gasteiger partial charge in [-0.15, -0.1) is 0 Å². The Balaban J connectivity index is 2.95. The maximum absolute atomic E-state index is 12.0. The van der Waals surface area contributed by atoms with E-state index in [0.29, 0.717) is 12.1 Å². The summed E-state index contributed by atoms with van der Waals surface area (Å²) in [7, 11) is -3.45. The zero-order valence-electron chi connectivity index (χ0n) is 10.9. The summed E-state index contributed by atoms with van der Waals surface area (Å²) in [6, 6.07) is 4.90. The summed E-state index contributed by atoms with van der Waals surface area (Å²) in [4.78, 5) is 0.222. The van der Waals surface area contributed by atoms with Gasteiger partial charge in [0.2, 0.25) is 10.0 Å². The lowest BCUT2D eigenvalue weighted by Crippen LogP contribution is -2.24. The van der Waals surface area contributed by atoms with Crippen molar-refractivity contribution in [2.24, 2.45) is 0 Å². The highest BCUT2D eigenvalue weighted by molar-refractivity contribution is 7.89. The Kier molecular flexibility index (Phi) is 5.78. The number of rotatable bonds is 7. The van der Waals surface area contributed by atoms with Crippen molar-refractivity contribution in [3.8, 4) is 0 Å². The number of aliphatic hydroxyl groups excluding tert-OH is 1. The van der Waals surface area contributed by atoms with Gasteiger partial charge in [-0.2, -0.15) is 0 Å². The van der Waals surface area contributed by atoms with E-state index < -0.39 is 10.0 Å². The van der Waals surface area contributed by atoms with Gasteiger partial charge in [-0.3, -0.25) is 0 Å². The predicted molar refractivity (Wildman–Crippen MR) is 71.8 cm³/mol. The standard InChI is InChI=1S/C13H21NO3S/c1-3-5-8-14-18(16,17)13-7-6-11(4-2)12(9-13)10-15/h6-7,9,14-15H,3-5,8,10H2,1-2H3. The van der Waals surface area contributed by atoms with Crippen molar-refractivity contribution in [3.05, 3.63) is 29.3 Å². The molecule has 4 nitrogen and oxygen atoms in total. The zero-order chi connectivity index (χ0) is 13.6. The van der Waals surface area contributed by atoms with E-state index in [1.54, 1.807) is 18.2 Å². The molecule has 5 heteroatoms. The predicted octanol–water partition coefficient (Wildman–Crippen LogP) is 1.82. The summed E-state index contributed by atoms with van der Waals surface area (Å²) in [5.74, 6) is 0. The highest BCUT2D eigenvalue weighted by atomic mass is 32.2. The Morgan fingerprint density at radius 1 is 1.22 bits per heavy atom. The number of nitrogens with one attached hydrogen (secondary N) is 1. The molecule has 0 unspecified atom stereocenters. The lowest BCUT2D eigenvalue weighted by atomic mass is 10.1. The van der Waals surface area contributed by atoms with Crippen LogP contribution >= 0.6 is 0 Å². The molecule has 0 aliphatic carbocycles. The van der Waals surface area contributed by atoms with Crippen molar-refractivity contribution in [2.75, 3.05) is 6.54 Å². The molecule has 2 N–H and O–H groups in total. The smallest absolute Gasteiger partial charge is 0.240 e. The molecule has 0 heterocycles. The molecule has 0 saturated heterocycles. The molecule has 0 fully saturated rings. The molecule has 0 aliphatic heterocycles. The first-order valence-electron chi connectivity index (χ1n) is 6.27. The minimum Gasteiger partial charge on any atom is -0.392 e. The number of benzene rings is 1. The fourth-order valence-corrected chi connectivity index (χ4v) is 2.85. The maximum Gasteiger partial charge on any atom is 0.240 e. The van der Waals surface area contributed by atoms with E-state index >= 15 is 0 Å². The molecular formula is C13H21NO3S. The van der Waals surface area contributed by atoms with E-state index in [2.05, 4.69) is 4.72 Å². The highest BCUT2D eigenvalue weighted by Crippen LogP contribution is 2.16. The molecular weight excluding hydrogens is 250 g/mol. The molecule has 0 atom stereocenters. The fourth-order valence-electron chi connectivity index (χ4n) is 1.73. The van der Waals surface area contributed by atoms with Crippen LogP contribution in [0.4, 0.5) is 0 Å². The summed E-state index contributed by atoms with van der Waals surface area (Å²) in [5.41, 5.74) is 1.65. The number of aryl methyl sites for hydroxylation is 1. The number of hydrogen-bond acceptors (Lipinski definition) is 3. The topological polar surface area (TPSA) is 66.4 Å². The minimum absolute atomic E-state index is 0.137. The number of aliphatic hydroxyl groups is 1. The average Bonchev–Trinajstić information content (AvgIpc) is 2.38. The number of sulfonamides is 1. The van der Waals surface area contributed by atoms with E-state index in [0.717, 1.165) is 24.8 Å². The van der Waals surface area contributed by atoms with Crippen LogP contribution < -0.4 is 4.72 Å². The Bertz CT molecular complexity index is 483. The molecule has 1 rings (SSSR count). The molecule has 0 saturated carbocycles. The van der Waals surface area contributed by atoms with E-state index in [-0.39, 0.29) is 11.5 Å². The second kappa shape index (κ2) is 6.87. The Morgan fingerprint density at radius 2 is 1.94 bits per heavy atom. The van der Waals surface area contributed by atoms with Gasteiger partial charge in [-0.25, -0.2) is 13.1 Å². The van der Waals surface area contributed by atoms with E-state index in [9.17, 15) is 13.5 Å². The third-order valence-corrected chi connectivity index (χ3v) is 4.32. The van der Waals surface area contributed by atoms with Crippen molar-refractivity contribution in [2.45, 2.75) is 44.6 Å². The third-order valence-electron chi connectivity index (χ3n) is 2.86. The molecule has 0 aromatic heterocycles. The van der Waals surface area contributed by atoms with E-state index in [1.165, 1.54) is 0 Å². The summed E-state index contributed by atoms with van der Waals surface area (Å²) < 4.78 is 26.5. The van der Waals surface area contributed by atoms with Crippen molar-refractivity contribution in [3.63, 3.8) is 0 Å². The normalized spacial score (nSPS) is 11.7. The van der Waals surface area contributed by atoms with Crippen LogP contribution in [-0.4, -0.2) is 20.1 Å². The van der Waals surface area contributed by atoms with E-state index in [1.807, 2.05) is 13.8 Å². The Morgan fingerprint density at radius 3 is 2.50 bits per heavy atom. The van der Waals surface area contributed by atoms with Crippen LogP contribution in [0.1, 0.15) is 37.8 Å². The third kappa shape index (κ3) is 3.80. The maximum atomic E-state index is 12.0. The first-order valence-corrected chi connectivity index (χ1v) is 7.75. The molecule has 0 radical (unpaired) electrons. The van der Waals surface area contributed by atoms with Gasteiger partial charge < -0.3 is 5.11 Å². The molecule has 0 spiro atoms. The van der Waals surface area contributed by atoms with Gasteiger partial charge in [0.15, 0.2) is 0 Å². The molecule has 0 aliphatic rings. The van der Waals surface area contributed by atoms with Crippen molar-refractivity contribution >= 4 is 10.0 Å². The van der Waals surface area contributed by atoms with Crippen LogP contribution in [-0.2, 0) is 23.1 Å². The largest absolute Gasteiger partial charge is 0.392 e. The first kappa shape index (κ1) is 15.1. The van der Waals surface area contributed by atoms with Gasteiger partial charge in [-0.1, -0.05) is 26.3 Å². The van der Waals surface area contributed by atoms with Crippen LogP contribution in [0.5, 0.6) is 0 Å². The van der Waals surface area contributed by atoms with Crippen molar-refractivity contribution < 1.29 is 13.5 Å². The summed E-state index contributed by atoms with van der Waals surface area (Å²) in [6.45, 7) is 4.29. The van der Waals surface area contributed by atoms with Crippen molar-refractivity contribution in [1.82, 2.24) is 4.72 Å². The Labute approximate surface area is 109 Å². The van der Waals surface area contributed by atoms with E-state index in [4.69, 9.17) is 0 Å². The van der Waals surface area contributed by atoms with Gasteiger partial charge >= 0.3 is 0 Å². The lowest BCUT2D eigenvalue weighted by Gasteiger charge is -2.10. The number of hydrogen-bond donors (Lipinski definition) is 2. The van der Waals surface area contributed by atoms with Gasteiger partial charge in [0, 0.05) is 6.54 Å².